The third kappa shape index (κ3) is 2.07. The molecule has 1 aromatic rings. The highest BCUT2D eigenvalue weighted by Crippen LogP contribution is 2.22. The summed E-state index contributed by atoms with van der Waals surface area (Å²) < 4.78 is 14.0. The van der Waals surface area contributed by atoms with Gasteiger partial charge in [0.2, 0.25) is 0 Å². The summed E-state index contributed by atoms with van der Waals surface area (Å²) in [6, 6.07) is 2.48. The minimum absolute atomic E-state index is 0.148. The summed E-state index contributed by atoms with van der Waals surface area (Å²) in [6.07, 6.45) is 0. The summed E-state index contributed by atoms with van der Waals surface area (Å²) in [6.45, 7) is 0. The van der Waals surface area contributed by atoms with Crippen LogP contribution >= 0.6 is 31.9 Å². The molecule has 0 unspecified atom stereocenters. The van der Waals surface area contributed by atoms with E-state index in [-0.39, 0.29) is 5.46 Å². The molecule has 0 fully saturated rings. The highest BCUT2D eigenvalue weighted by Gasteiger charge is 2.17. The van der Waals surface area contributed by atoms with Gasteiger partial charge in [0.15, 0.2) is 0 Å². The van der Waals surface area contributed by atoms with Gasteiger partial charge in [0, 0.05) is 14.4 Å². The quantitative estimate of drug-likeness (QED) is 0.600. The van der Waals surface area contributed by atoms with E-state index in [4.69, 9.17) is 10.0 Å². The molecule has 2 N–H and O–H groups in total. The maximum absolute atomic E-state index is 12.9. The molecule has 0 heterocycles. The van der Waals surface area contributed by atoms with Gasteiger partial charge in [-0.15, -0.1) is 0 Å². The Morgan fingerprint density at radius 1 is 1.17 bits per heavy atom. The molecule has 0 bridgehead atoms. The van der Waals surface area contributed by atoms with E-state index in [1.807, 2.05) is 0 Å². The van der Waals surface area contributed by atoms with Crippen LogP contribution in [-0.4, -0.2) is 17.2 Å². The summed E-state index contributed by atoms with van der Waals surface area (Å²) in [7, 11) is -1.78. The molecule has 0 aliphatic rings. The Morgan fingerprint density at radius 3 is 2.17 bits per heavy atom. The first-order valence-electron chi connectivity index (χ1n) is 3.03. The van der Waals surface area contributed by atoms with E-state index < -0.39 is 12.9 Å². The SMILES string of the molecule is OB(O)c1cc(Br)c(Br)cc1F. The van der Waals surface area contributed by atoms with E-state index in [0.29, 0.717) is 8.95 Å². The second-order valence-electron chi connectivity index (χ2n) is 2.16. The molecule has 2 nitrogen and oxygen atoms in total. The smallest absolute Gasteiger partial charge is 0.423 e. The van der Waals surface area contributed by atoms with Crippen LogP contribution in [0.4, 0.5) is 4.39 Å². The molecule has 0 atom stereocenters. The van der Waals surface area contributed by atoms with Gasteiger partial charge in [-0.3, -0.25) is 0 Å². The van der Waals surface area contributed by atoms with Crippen molar-refractivity contribution in [3.63, 3.8) is 0 Å². The Kier molecular flexibility index (Phi) is 3.28. The van der Waals surface area contributed by atoms with Gasteiger partial charge >= 0.3 is 7.12 Å². The Bertz CT molecular complexity index is 306. The first-order valence-corrected chi connectivity index (χ1v) is 4.61. The molecule has 0 radical (unpaired) electrons. The van der Waals surface area contributed by atoms with Crippen molar-refractivity contribution in [2.45, 2.75) is 0 Å². The molecule has 0 aromatic heterocycles. The van der Waals surface area contributed by atoms with Crippen LogP contribution in [0.3, 0.4) is 0 Å². The van der Waals surface area contributed by atoms with Crippen LogP contribution in [0.2, 0.25) is 0 Å². The Morgan fingerprint density at radius 2 is 1.67 bits per heavy atom. The van der Waals surface area contributed by atoms with E-state index in [0.717, 1.165) is 0 Å². The summed E-state index contributed by atoms with van der Waals surface area (Å²) in [5.74, 6) is -0.653. The molecule has 0 saturated carbocycles. The maximum Gasteiger partial charge on any atom is 0.491 e. The zero-order valence-electron chi connectivity index (χ0n) is 5.76. The normalized spacial score (nSPS) is 10.1. The molecule has 0 aliphatic heterocycles. The topological polar surface area (TPSA) is 40.5 Å². The number of hydrogen-bond acceptors (Lipinski definition) is 2. The monoisotopic (exact) mass is 296 g/mol. The van der Waals surface area contributed by atoms with Gasteiger partial charge in [-0.05, 0) is 44.0 Å². The predicted molar refractivity (Wildman–Crippen MR) is 51.6 cm³/mol. The lowest BCUT2D eigenvalue weighted by Gasteiger charge is -2.03. The summed E-state index contributed by atoms with van der Waals surface area (Å²) in [5.41, 5.74) is -0.148. The number of halogens is 3. The third-order valence-corrected chi connectivity index (χ3v) is 3.16. The van der Waals surface area contributed by atoms with Crippen molar-refractivity contribution in [1.29, 1.82) is 0 Å². The Hall–Kier alpha value is 0.0949. The predicted octanol–water partition coefficient (Wildman–Crippen LogP) is 1.03. The second-order valence-corrected chi connectivity index (χ2v) is 3.87. The average Bonchev–Trinajstić information content (AvgIpc) is 1.96. The van der Waals surface area contributed by atoms with Gasteiger partial charge in [-0.1, -0.05) is 0 Å². The van der Waals surface area contributed by atoms with E-state index >= 15 is 0 Å². The molecule has 1 aromatic carbocycles. The Balaban J connectivity index is 3.23. The highest BCUT2D eigenvalue weighted by atomic mass is 79.9. The zero-order chi connectivity index (χ0) is 9.30. The van der Waals surface area contributed by atoms with Crippen molar-refractivity contribution in [3.8, 4) is 0 Å². The van der Waals surface area contributed by atoms with Crippen LogP contribution < -0.4 is 5.46 Å². The molecule has 0 amide bonds. The maximum atomic E-state index is 12.9. The fourth-order valence-electron chi connectivity index (χ4n) is 0.736. The average molecular weight is 298 g/mol. The standard InChI is InChI=1S/C6H4BBr2FO2/c8-4-1-3(7(11)12)6(10)2-5(4)9/h1-2,11-12H. The molecule has 6 heteroatoms. The first kappa shape index (κ1) is 10.2. The number of benzene rings is 1. The van der Waals surface area contributed by atoms with Crippen LogP contribution in [-0.2, 0) is 0 Å². The Labute approximate surface area is 85.8 Å². The van der Waals surface area contributed by atoms with Gasteiger partial charge < -0.3 is 10.0 Å². The molecular weight excluding hydrogens is 294 g/mol. The van der Waals surface area contributed by atoms with Gasteiger partial charge in [0.05, 0.1) is 0 Å². The molecule has 0 saturated heterocycles. The van der Waals surface area contributed by atoms with Gasteiger partial charge in [-0.2, -0.15) is 0 Å². The fraction of sp³-hybridized carbons (Fsp3) is 0. The van der Waals surface area contributed by atoms with Crippen molar-refractivity contribution in [3.05, 3.63) is 26.9 Å². The van der Waals surface area contributed by atoms with Crippen molar-refractivity contribution >= 4 is 44.4 Å². The van der Waals surface area contributed by atoms with Crippen LogP contribution in [0.25, 0.3) is 0 Å². The van der Waals surface area contributed by atoms with Crippen LogP contribution in [0, 0.1) is 5.82 Å². The number of hydrogen-bond donors (Lipinski definition) is 2. The van der Waals surface area contributed by atoms with E-state index in [1.165, 1.54) is 12.1 Å². The minimum atomic E-state index is -1.78. The van der Waals surface area contributed by atoms with Crippen molar-refractivity contribution in [2.24, 2.45) is 0 Å². The molecular formula is C6H4BBr2FO2. The fourth-order valence-corrected chi connectivity index (χ4v) is 1.41. The third-order valence-electron chi connectivity index (χ3n) is 1.32. The summed E-state index contributed by atoms with van der Waals surface area (Å²) in [4.78, 5) is 0. The zero-order valence-corrected chi connectivity index (χ0v) is 8.93. The minimum Gasteiger partial charge on any atom is -0.423 e. The number of rotatable bonds is 1. The van der Waals surface area contributed by atoms with E-state index in [2.05, 4.69) is 31.9 Å². The molecule has 0 aliphatic carbocycles. The van der Waals surface area contributed by atoms with Crippen molar-refractivity contribution < 1.29 is 14.4 Å². The molecule has 0 spiro atoms. The van der Waals surface area contributed by atoms with Crippen molar-refractivity contribution in [1.82, 2.24) is 0 Å². The van der Waals surface area contributed by atoms with Crippen molar-refractivity contribution in [2.75, 3.05) is 0 Å². The lowest BCUT2D eigenvalue weighted by Crippen LogP contribution is -2.32. The largest absolute Gasteiger partial charge is 0.491 e. The lowest BCUT2D eigenvalue weighted by molar-refractivity contribution is 0.423. The molecule has 64 valence electrons. The second kappa shape index (κ2) is 3.87. The van der Waals surface area contributed by atoms with Crippen LogP contribution in [0.1, 0.15) is 0 Å². The molecule has 12 heavy (non-hydrogen) atoms. The summed E-state index contributed by atoms with van der Waals surface area (Å²) in [5, 5.41) is 17.4. The van der Waals surface area contributed by atoms with Crippen LogP contribution in [0.15, 0.2) is 21.1 Å². The highest BCUT2D eigenvalue weighted by molar-refractivity contribution is 9.13. The van der Waals surface area contributed by atoms with Crippen LogP contribution in [0.5, 0.6) is 0 Å². The van der Waals surface area contributed by atoms with Gasteiger partial charge in [0.1, 0.15) is 5.82 Å². The lowest BCUT2D eigenvalue weighted by atomic mass is 9.80. The first-order chi connectivity index (χ1) is 5.52. The van der Waals surface area contributed by atoms with E-state index in [9.17, 15) is 4.39 Å². The summed E-state index contributed by atoms with van der Waals surface area (Å²) >= 11 is 6.19. The van der Waals surface area contributed by atoms with Gasteiger partial charge in [-0.25, -0.2) is 4.39 Å². The molecule has 1 rings (SSSR count). The van der Waals surface area contributed by atoms with Gasteiger partial charge in [0.25, 0.3) is 0 Å². The van der Waals surface area contributed by atoms with E-state index in [1.54, 1.807) is 0 Å².